The smallest absolute Gasteiger partial charge is 0.317 e. The van der Waals surface area contributed by atoms with Gasteiger partial charge in [-0.3, -0.25) is 0 Å². The Morgan fingerprint density at radius 3 is 2.65 bits per heavy atom. The Morgan fingerprint density at radius 1 is 1.39 bits per heavy atom. The lowest BCUT2D eigenvalue weighted by atomic mass is 10.2. The number of likely N-dealkylation sites (tertiary alicyclic amines) is 1. The molecule has 1 atom stereocenters. The van der Waals surface area contributed by atoms with E-state index in [9.17, 15) is 4.79 Å². The number of hydrogen-bond acceptors (Lipinski definition) is 3. The molecule has 0 bridgehead atoms. The Balaban J connectivity index is 1.79. The van der Waals surface area contributed by atoms with Gasteiger partial charge in [0.1, 0.15) is 5.82 Å². The van der Waals surface area contributed by atoms with Crippen molar-refractivity contribution in [2.75, 3.05) is 33.2 Å². The third-order valence-corrected chi connectivity index (χ3v) is 4.56. The molecule has 0 aromatic carbocycles. The molecule has 0 unspecified atom stereocenters. The van der Waals surface area contributed by atoms with Crippen molar-refractivity contribution in [3.05, 3.63) is 17.7 Å². The summed E-state index contributed by atoms with van der Waals surface area (Å²) in [6.45, 7) is 8.08. The van der Waals surface area contributed by atoms with Gasteiger partial charge in [-0.25, -0.2) is 9.78 Å². The molecule has 6 heteroatoms. The van der Waals surface area contributed by atoms with Crippen molar-refractivity contribution in [2.45, 2.75) is 52.0 Å². The van der Waals surface area contributed by atoms with Gasteiger partial charge in [0.05, 0.1) is 6.04 Å². The van der Waals surface area contributed by atoms with Crippen LogP contribution < -0.4 is 5.32 Å². The number of likely N-dealkylation sites (N-methyl/N-ethyl adjacent to an activating group) is 1. The number of carbonyl (C=O) groups excluding carboxylic acids is 1. The molecule has 1 aliphatic rings. The first-order valence-corrected chi connectivity index (χ1v) is 8.85. The van der Waals surface area contributed by atoms with Gasteiger partial charge < -0.3 is 20.1 Å². The Labute approximate surface area is 139 Å². The molecule has 130 valence electrons. The van der Waals surface area contributed by atoms with Crippen molar-refractivity contribution in [3.63, 3.8) is 0 Å². The number of imidazole rings is 1. The van der Waals surface area contributed by atoms with E-state index in [1.807, 2.05) is 14.0 Å². The predicted molar refractivity (Wildman–Crippen MR) is 92.4 cm³/mol. The van der Waals surface area contributed by atoms with E-state index in [1.165, 1.54) is 38.8 Å². The Morgan fingerprint density at radius 2 is 2.09 bits per heavy atom. The molecule has 6 nitrogen and oxygen atoms in total. The summed E-state index contributed by atoms with van der Waals surface area (Å²) < 4.78 is 0. The van der Waals surface area contributed by atoms with E-state index in [4.69, 9.17) is 0 Å². The van der Waals surface area contributed by atoms with E-state index in [-0.39, 0.29) is 12.1 Å². The zero-order valence-electron chi connectivity index (χ0n) is 14.8. The quantitative estimate of drug-likeness (QED) is 0.846. The summed E-state index contributed by atoms with van der Waals surface area (Å²) >= 11 is 0. The summed E-state index contributed by atoms with van der Waals surface area (Å²) in [5.41, 5.74) is 1.02. The van der Waals surface area contributed by atoms with Crippen LogP contribution in [-0.2, 0) is 0 Å². The zero-order valence-corrected chi connectivity index (χ0v) is 14.8. The fourth-order valence-corrected chi connectivity index (χ4v) is 2.99. The van der Waals surface area contributed by atoms with E-state index in [0.717, 1.165) is 31.0 Å². The van der Waals surface area contributed by atoms with Gasteiger partial charge in [0.2, 0.25) is 0 Å². The summed E-state index contributed by atoms with van der Waals surface area (Å²) in [6.07, 6.45) is 7.87. The number of hydrogen-bond donors (Lipinski definition) is 2. The highest BCUT2D eigenvalue weighted by Gasteiger charge is 2.18. The predicted octanol–water partition coefficient (Wildman–Crippen LogP) is 2.69. The summed E-state index contributed by atoms with van der Waals surface area (Å²) in [7, 11) is 1.87. The highest BCUT2D eigenvalue weighted by Crippen LogP contribution is 2.13. The number of amides is 2. The van der Waals surface area contributed by atoms with Crippen molar-refractivity contribution in [2.24, 2.45) is 0 Å². The topological polar surface area (TPSA) is 64.3 Å². The van der Waals surface area contributed by atoms with Crippen molar-refractivity contribution in [1.29, 1.82) is 0 Å². The van der Waals surface area contributed by atoms with Crippen LogP contribution in [0.3, 0.4) is 0 Å². The number of aromatic nitrogens is 2. The molecule has 0 radical (unpaired) electrons. The van der Waals surface area contributed by atoms with Gasteiger partial charge in [-0.05, 0) is 39.3 Å². The number of urea groups is 1. The monoisotopic (exact) mass is 321 g/mol. The van der Waals surface area contributed by atoms with Gasteiger partial charge in [-0.2, -0.15) is 0 Å². The highest BCUT2D eigenvalue weighted by atomic mass is 16.2. The van der Waals surface area contributed by atoms with E-state index in [2.05, 4.69) is 27.1 Å². The fourth-order valence-electron chi connectivity index (χ4n) is 2.99. The normalized spacial score (nSPS) is 17.5. The second-order valence-corrected chi connectivity index (χ2v) is 6.54. The molecule has 0 aliphatic carbocycles. The minimum absolute atomic E-state index is 0.0271. The molecule has 1 fully saturated rings. The van der Waals surface area contributed by atoms with Crippen molar-refractivity contribution in [3.8, 4) is 0 Å². The number of aryl methyl sites for hydroxylation is 1. The molecule has 0 spiro atoms. The molecule has 2 rings (SSSR count). The molecule has 1 aliphatic heterocycles. The van der Waals surface area contributed by atoms with E-state index < -0.39 is 0 Å². The largest absolute Gasteiger partial charge is 0.344 e. The first-order valence-electron chi connectivity index (χ1n) is 8.85. The SMILES string of the molecule is CC[C@@H](NC(=O)N(C)CCN1CCCCCC1)c1ncc(C)[nH]1. The third kappa shape index (κ3) is 5.53. The molecule has 2 heterocycles. The van der Waals surface area contributed by atoms with Crippen LogP contribution in [0.4, 0.5) is 4.79 Å². The van der Waals surface area contributed by atoms with E-state index >= 15 is 0 Å². The van der Waals surface area contributed by atoms with Crippen LogP contribution in [0.25, 0.3) is 0 Å². The summed E-state index contributed by atoms with van der Waals surface area (Å²) in [6, 6.07) is -0.0856. The minimum atomic E-state index is -0.0585. The molecule has 23 heavy (non-hydrogen) atoms. The van der Waals surface area contributed by atoms with Crippen LogP contribution in [0.1, 0.15) is 56.6 Å². The first kappa shape index (κ1) is 17.8. The average Bonchev–Trinajstić information content (AvgIpc) is 2.82. The maximum Gasteiger partial charge on any atom is 0.317 e. The number of aromatic amines is 1. The molecule has 2 amide bonds. The molecule has 2 N–H and O–H groups in total. The lowest BCUT2D eigenvalue weighted by molar-refractivity contribution is 0.191. The van der Waals surface area contributed by atoms with Crippen LogP contribution in [0.2, 0.25) is 0 Å². The van der Waals surface area contributed by atoms with Gasteiger partial charge >= 0.3 is 6.03 Å². The summed E-state index contributed by atoms with van der Waals surface area (Å²) in [4.78, 5) is 24.2. The number of carbonyl (C=O) groups is 1. The number of H-pyrrole nitrogens is 1. The van der Waals surface area contributed by atoms with Gasteiger partial charge in [-0.1, -0.05) is 19.8 Å². The molecule has 1 aromatic heterocycles. The van der Waals surface area contributed by atoms with E-state index in [0.29, 0.717) is 0 Å². The molecular weight excluding hydrogens is 290 g/mol. The zero-order chi connectivity index (χ0) is 16.7. The van der Waals surface area contributed by atoms with Gasteiger partial charge in [0.25, 0.3) is 0 Å². The van der Waals surface area contributed by atoms with Crippen molar-refractivity contribution >= 4 is 6.03 Å². The number of nitrogens with one attached hydrogen (secondary N) is 2. The maximum absolute atomic E-state index is 12.4. The molecule has 1 aromatic rings. The highest BCUT2D eigenvalue weighted by molar-refractivity contribution is 5.74. The molecule has 0 saturated carbocycles. The Kier molecular flexibility index (Phi) is 6.89. The van der Waals surface area contributed by atoms with Crippen molar-refractivity contribution < 1.29 is 4.79 Å². The number of rotatable bonds is 6. The minimum Gasteiger partial charge on any atom is -0.344 e. The Bertz CT molecular complexity index is 479. The van der Waals surface area contributed by atoms with Crippen LogP contribution in [0, 0.1) is 6.92 Å². The molecule has 1 saturated heterocycles. The summed E-state index contributed by atoms with van der Waals surface area (Å²) in [5.74, 6) is 0.833. The van der Waals surface area contributed by atoms with Crippen LogP contribution in [0.15, 0.2) is 6.20 Å². The molecular formula is C17H31N5O. The van der Waals surface area contributed by atoms with Gasteiger partial charge in [-0.15, -0.1) is 0 Å². The third-order valence-electron chi connectivity index (χ3n) is 4.56. The lowest BCUT2D eigenvalue weighted by Gasteiger charge is -2.25. The first-order chi connectivity index (χ1) is 11.1. The second-order valence-electron chi connectivity index (χ2n) is 6.54. The average molecular weight is 321 g/mol. The van der Waals surface area contributed by atoms with Gasteiger partial charge in [0, 0.05) is 32.0 Å². The van der Waals surface area contributed by atoms with E-state index in [1.54, 1.807) is 11.1 Å². The summed E-state index contributed by atoms with van der Waals surface area (Å²) in [5, 5.41) is 3.07. The van der Waals surface area contributed by atoms with Crippen LogP contribution in [0.5, 0.6) is 0 Å². The lowest BCUT2D eigenvalue weighted by Crippen LogP contribution is -2.43. The fraction of sp³-hybridized carbons (Fsp3) is 0.765. The second kappa shape index (κ2) is 8.91. The van der Waals surface area contributed by atoms with Crippen LogP contribution >= 0.6 is 0 Å². The maximum atomic E-state index is 12.4. The number of nitrogens with zero attached hydrogens (tertiary/aromatic N) is 3. The van der Waals surface area contributed by atoms with Gasteiger partial charge in [0.15, 0.2) is 0 Å². The van der Waals surface area contributed by atoms with Crippen LogP contribution in [-0.4, -0.2) is 59.0 Å². The standard InChI is InChI=1S/C17H31N5O/c1-4-15(16-18-13-14(2)19-16)20-17(23)21(3)11-12-22-9-7-5-6-8-10-22/h13,15H,4-12H2,1-3H3,(H,18,19)(H,20,23)/t15-/m1/s1. The Hall–Kier alpha value is -1.56. The van der Waals surface area contributed by atoms with Crippen molar-refractivity contribution in [1.82, 2.24) is 25.1 Å².